The number of hydrogen-bond acceptors (Lipinski definition) is 3. The molecule has 15 heavy (non-hydrogen) atoms. The Labute approximate surface area is 90.5 Å². The minimum atomic E-state index is -0.556. The number of hydrogen-bond donors (Lipinski definition) is 0. The Balaban J connectivity index is 1.76. The molecular formula is C11H15BO3. The molecule has 3 nitrogen and oxygen atoms in total. The summed E-state index contributed by atoms with van der Waals surface area (Å²) in [4.78, 5) is 0. The lowest BCUT2D eigenvalue weighted by Crippen LogP contribution is -2.29. The Morgan fingerprint density at radius 1 is 1.13 bits per heavy atom. The van der Waals surface area contributed by atoms with Crippen LogP contribution in [0.2, 0.25) is 0 Å². The summed E-state index contributed by atoms with van der Waals surface area (Å²) in [7, 11) is -0.556. The minimum Gasteiger partial charge on any atom is -0.498 e. The third kappa shape index (κ3) is 2.66. The SMILES string of the molecule is CCCCCOB1Oc2ccccc2O1. The van der Waals surface area contributed by atoms with Gasteiger partial charge in [0.2, 0.25) is 0 Å². The van der Waals surface area contributed by atoms with Crippen LogP contribution in [0.5, 0.6) is 11.5 Å². The maximum Gasteiger partial charge on any atom is 0.788 e. The second-order valence-corrected chi connectivity index (χ2v) is 3.55. The van der Waals surface area contributed by atoms with E-state index >= 15 is 0 Å². The van der Waals surface area contributed by atoms with Crippen LogP contribution in [0.1, 0.15) is 26.2 Å². The lowest BCUT2D eigenvalue weighted by Gasteiger charge is -2.04. The molecule has 1 aliphatic heterocycles. The van der Waals surface area contributed by atoms with Crippen LogP contribution < -0.4 is 9.31 Å². The molecule has 0 atom stereocenters. The van der Waals surface area contributed by atoms with Gasteiger partial charge < -0.3 is 14.0 Å². The predicted molar refractivity (Wildman–Crippen MR) is 58.9 cm³/mol. The Morgan fingerprint density at radius 2 is 1.80 bits per heavy atom. The fraction of sp³-hybridized carbons (Fsp3) is 0.455. The molecule has 0 aliphatic carbocycles. The van der Waals surface area contributed by atoms with E-state index in [0.29, 0.717) is 6.61 Å². The summed E-state index contributed by atoms with van der Waals surface area (Å²) >= 11 is 0. The highest BCUT2D eigenvalue weighted by atomic mass is 16.8. The van der Waals surface area contributed by atoms with Gasteiger partial charge in [0.1, 0.15) is 11.5 Å². The van der Waals surface area contributed by atoms with Gasteiger partial charge in [0.05, 0.1) is 0 Å². The zero-order valence-corrected chi connectivity index (χ0v) is 8.94. The quantitative estimate of drug-likeness (QED) is 0.547. The topological polar surface area (TPSA) is 27.7 Å². The van der Waals surface area contributed by atoms with Gasteiger partial charge >= 0.3 is 7.32 Å². The van der Waals surface area contributed by atoms with E-state index < -0.39 is 7.32 Å². The highest BCUT2D eigenvalue weighted by molar-refractivity contribution is 6.40. The molecule has 1 heterocycles. The molecule has 0 bridgehead atoms. The third-order valence-electron chi connectivity index (χ3n) is 2.30. The predicted octanol–water partition coefficient (Wildman–Crippen LogP) is 2.65. The molecule has 4 heteroatoms. The lowest BCUT2D eigenvalue weighted by atomic mass is 10.2. The molecule has 1 aliphatic rings. The molecule has 0 aromatic heterocycles. The first-order valence-corrected chi connectivity index (χ1v) is 5.44. The maximum absolute atomic E-state index is 5.44. The highest BCUT2D eigenvalue weighted by Gasteiger charge is 2.34. The van der Waals surface area contributed by atoms with Gasteiger partial charge in [-0.15, -0.1) is 0 Å². The smallest absolute Gasteiger partial charge is 0.498 e. The van der Waals surface area contributed by atoms with Crippen molar-refractivity contribution in [2.45, 2.75) is 26.2 Å². The lowest BCUT2D eigenvalue weighted by molar-refractivity contribution is 0.217. The average Bonchev–Trinajstić information content (AvgIpc) is 2.67. The number of unbranched alkanes of at least 4 members (excludes halogenated alkanes) is 2. The van der Waals surface area contributed by atoms with E-state index in [0.717, 1.165) is 17.9 Å². The number of para-hydroxylation sites is 2. The van der Waals surface area contributed by atoms with Crippen LogP contribution in [-0.4, -0.2) is 13.9 Å². The van der Waals surface area contributed by atoms with Crippen LogP contribution in [0.25, 0.3) is 0 Å². The molecule has 2 rings (SSSR count). The van der Waals surface area contributed by atoms with Crippen LogP contribution >= 0.6 is 0 Å². The molecular weight excluding hydrogens is 191 g/mol. The summed E-state index contributed by atoms with van der Waals surface area (Å²) in [6.07, 6.45) is 3.42. The summed E-state index contributed by atoms with van der Waals surface area (Å²) in [5, 5.41) is 0. The van der Waals surface area contributed by atoms with Gasteiger partial charge in [-0.05, 0) is 18.6 Å². The second-order valence-electron chi connectivity index (χ2n) is 3.55. The summed E-state index contributed by atoms with van der Waals surface area (Å²) in [5.74, 6) is 1.52. The van der Waals surface area contributed by atoms with Crippen molar-refractivity contribution in [2.75, 3.05) is 6.61 Å². The number of fused-ring (bicyclic) bond motifs is 1. The monoisotopic (exact) mass is 206 g/mol. The largest absolute Gasteiger partial charge is 0.788 e. The Bertz CT molecular complexity index is 291. The summed E-state index contributed by atoms with van der Waals surface area (Å²) in [5.41, 5.74) is 0. The van der Waals surface area contributed by atoms with Crippen LogP contribution in [0.3, 0.4) is 0 Å². The molecule has 80 valence electrons. The third-order valence-corrected chi connectivity index (χ3v) is 2.30. The first-order valence-electron chi connectivity index (χ1n) is 5.44. The zero-order valence-electron chi connectivity index (χ0n) is 8.94. The summed E-state index contributed by atoms with van der Waals surface area (Å²) in [6, 6.07) is 7.60. The Hall–Kier alpha value is -1.16. The average molecular weight is 206 g/mol. The van der Waals surface area contributed by atoms with Crippen molar-refractivity contribution in [3.63, 3.8) is 0 Å². The van der Waals surface area contributed by atoms with Gasteiger partial charge in [-0.3, -0.25) is 0 Å². The highest BCUT2D eigenvalue weighted by Crippen LogP contribution is 2.32. The van der Waals surface area contributed by atoms with Crippen LogP contribution in [-0.2, 0) is 4.65 Å². The van der Waals surface area contributed by atoms with Crippen molar-refractivity contribution in [1.82, 2.24) is 0 Å². The van der Waals surface area contributed by atoms with Crippen molar-refractivity contribution < 1.29 is 14.0 Å². The molecule has 0 saturated carbocycles. The van der Waals surface area contributed by atoms with Gasteiger partial charge in [0.15, 0.2) is 0 Å². The van der Waals surface area contributed by atoms with E-state index in [1.54, 1.807) is 0 Å². The van der Waals surface area contributed by atoms with E-state index in [2.05, 4.69) is 6.92 Å². The fourth-order valence-electron chi connectivity index (χ4n) is 1.48. The Morgan fingerprint density at radius 3 is 2.40 bits per heavy atom. The minimum absolute atomic E-state index is 0.556. The first-order chi connectivity index (χ1) is 7.40. The first kappa shape index (κ1) is 10.4. The van der Waals surface area contributed by atoms with E-state index in [-0.39, 0.29) is 0 Å². The van der Waals surface area contributed by atoms with Gasteiger partial charge in [0, 0.05) is 6.61 Å². The molecule has 1 aromatic rings. The number of benzene rings is 1. The zero-order chi connectivity index (χ0) is 10.5. The molecule has 0 amide bonds. The molecule has 0 unspecified atom stereocenters. The van der Waals surface area contributed by atoms with Crippen LogP contribution in [0, 0.1) is 0 Å². The molecule has 0 spiro atoms. The van der Waals surface area contributed by atoms with Crippen molar-refractivity contribution in [3.05, 3.63) is 24.3 Å². The van der Waals surface area contributed by atoms with Crippen molar-refractivity contribution >= 4 is 7.32 Å². The molecule has 0 fully saturated rings. The molecule has 0 N–H and O–H groups in total. The molecule has 1 aromatic carbocycles. The summed E-state index contributed by atoms with van der Waals surface area (Å²) in [6.45, 7) is 2.85. The van der Waals surface area contributed by atoms with Crippen molar-refractivity contribution in [1.29, 1.82) is 0 Å². The molecule has 0 saturated heterocycles. The van der Waals surface area contributed by atoms with Crippen molar-refractivity contribution in [3.8, 4) is 11.5 Å². The summed E-state index contributed by atoms with van der Waals surface area (Å²) < 4.78 is 16.3. The Kier molecular flexibility index (Phi) is 3.51. The van der Waals surface area contributed by atoms with E-state index in [1.807, 2.05) is 24.3 Å². The van der Waals surface area contributed by atoms with Crippen LogP contribution in [0.15, 0.2) is 24.3 Å². The second kappa shape index (κ2) is 5.07. The van der Waals surface area contributed by atoms with E-state index in [4.69, 9.17) is 14.0 Å². The fourth-order valence-corrected chi connectivity index (χ4v) is 1.48. The number of rotatable bonds is 5. The van der Waals surface area contributed by atoms with Gasteiger partial charge in [-0.25, -0.2) is 0 Å². The van der Waals surface area contributed by atoms with Crippen molar-refractivity contribution in [2.24, 2.45) is 0 Å². The molecule has 0 radical (unpaired) electrons. The van der Waals surface area contributed by atoms with Gasteiger partial charge in [0.25, 0.3) is 0 Å². The van der Waals surface area contributed by atoms with Gasteiger partial charge in [-0.2, -0.15) is 0 Å². The normalized spacial score (nSPS) is 13.3. The van der Waals surface area contributed by atoms with Gasteiger partial charge in [-0.1, -0.05) is 31.9 Å². The van der Waals surface area contributed by atoms with E-state index in [1.165, 1.54) is 12.8 Å². The standard InChI is InChI=1S/C11H15BO3/c1-2-3-6-9-13-12-14-10-7-4-5-8-11(10)15-12/h4-5,7-8H,2-3,6,9H2,1H3. The van der Waals surface area contributed by atoms with Crippen LogP contribution in [0.4, 0.5) is 0 Å². The van der Waals surface area contributed by atoms with E-state index in [9.17, 15) is 0 Å². The maximum atomic E-state index is 5.44.